The summed E-state index contributed by atoms with van der Waals surface area (Å²) in [5, 5.41) is 12.8. The van der Waals surface area contributed by atoms with Gasteiger partial charge in [0.15, 0.2) is 0 Å². The fourth-order valence-electron chi connectivity index (χ4n) is 1.43. The van der Waals surface area contributed by atoms with Gasteiger partial charge in [-0.15, -0.1) is 0 Å². The third-order valence-electron chi connectivity index (χ3n) is 2.13. The summed E-state index contributed by atoms with van der Waals surface area (Å²) in [7, 11) is 0. The van der Waals surface area contributed by atoms with Gasteiger partial charge in [0.1, 0.15) is 6.23 Å². The summed E-state index contributed by atoms with van der Waals surface area (Å²) in [4.78, 5) is 0. The fourth-order valence-corrected chi connectivity index (χ4v) is 1.43. The average Bonchev–Trinajstić information content (AvgIpc) is 1.98. The molecule has 0 aliphatic heterocycles. The van der Waals surface area contributed by atoms with E-state index >= 15 is 0 Å². The van der Waals surface area contributed by atoms with Crippen LogP contribution in [0.15, 0.2) is 0 Å². The Labute approximate surface area is 76.4 Å². The molecule has 0 saturated heterocycles. The third-order valence-corrected chi connectivity index (χ3v) is 2.13. The molecule has 0 aromatic rings. The predicted molar refractivity (Wildman–Crippen MR) is 53.0 cm³/mol. The molecule has 2 unspecified atom stereocenters. The second-order valence-corrected chi connectivity index (χ2v) is 3.72. The van der Waals surface area contributed by atoms with Crippen LogP contribution in [0.25, 0.3) is 0 Å². The maximum atomic E-state index is 9.70. The van der Waals surface area contributed by atoms with Crippen LogP contribution in [0.3, 0.4) is 0 Å². The Morgan fingerprint density at radius 1 is 1.25 bits per heavy atom. The molecule has 0 spiro atoms. The molecule has 12 heavy (non-hydrogen) atoms. The summed E-state index contributed by atoms with van der Waals surface area (Å²) < 4.78 is 0. The minimum atomic E-state index is -0.324. The number of nitrogens with one attached hydrogen (secondary N) is 1. The second-order valence-electron chi connectivity index (χ2n) is 3.72. The topological polar surface area (TPSA) is 32.3 Å². The van der Waals surface area contributed by atoms with E-state index in [2.05, 4.69) is 33.0 Å². The molecule has 0 aliphatic rings. The van der Waals surface area contributed by atoms with Gasteiger partial charge >= 0.3 is 0 Å². The number of hydrogen-bond donors (Lipinski definition) is 2. The molecule has 0 rings (SSSR count). The molecular weight excluding hydrogens is 150 g/mol. The van der Waals surface area contributed by atoms with Crippen LogP contribution in [0.4, 0.5) is 0 Å². The molecule has 0 amide bonds. The Bertz CT molecular complexity index is 104. The van der Waals surface area contributed by atoms with Gasteiger partial charge in [-0.1, -0.05) is 20.3 Å². The van der Waals surface area contributed by atoms with Gasteiger partial charge in [-0.3, -0.25) is 5.32 Å². The molecule has 2 N–H and O–H groups in total. The Morgan fingerprint density at radius 3 is 2.17 bits per heavy atom. The molecule has 0 heterocycles. The van der Waals surface area contributed by atoms with Crippen LogP contribution in [0.1, 0.15) is 47.0 Å². The molecule has 0 aliphatic carbocycles. The average molecular weight is 173 g/mol. The fraction of sp³-hybridized carbons (Fsp3) is 1.00. The maximum absolute atomic E-state index is 9.70. The zero-order valence-corrected chi connectivity index (χ0v) is 8.80. The van der Waals surface area contributed by atoms with Crippen LogP contribution in [0.5, 0.6) is 0 Å². The van der Waals surface area contributed by atoms with Crippen LogP contribution >= 0.6 is 0 Å². The first-order valence-corrected chi connectivity index (χ1v) is 5.05. The van der Waals surface area contributed by atoms with Gasteiger partial charge in [0.2, 0.25) is 0 Å². The Kier molecular flexibility index (Phi) is 6.39. The van der Waals surface area contributed by atoms with E-state index in [1.54, 1.807) is 0 Å². The maximum Gasteiger partial charge on any atom is 0.107 e. The lowest BCUT2D eigenvalue weighted by Gasteiger charge is -2.24. The van der Waals surface area contributed by atoms with Gasteiger partial charge in [-0.05, 0) is 32.6 Å². The standard InChI is InChI=1S/C10H23NO/c1-5-7-9(6-2)10(12)11-8(3)4/h8-12H,5-7H2,1-4H3. The van der Waals surface area contributed by atoms with Gasteiger partial charge in [0.05, 0.1) is 0 Å². The van der Waals surface area contributed by atoms with E-state index < -0.39 is 0 Å². The highest BCUT2D eigenvalue weighted by Crippen LogP contribution is 2.14. The predicted octanol–water partition coefficient (Wildman–Crippen LogP) is 2.13. The quantitative estimate of drug-likeness (QED) is 0.603. The van der Waals surface area contributed by atoms with E-state index in [1.807, 2.05) is 0 Å². The smallest absolute Gasteiger partial charge is 0.107 e. The molecule has 74 valence electrons. The number of aliphatic hydroxyl groups excluding tert-OH is 1. The van der Waals surface area contributed by atoms with E-state index in [-0.39, 0.29) is 6.23 Å². The number of hydrogen-bond acceptors (Lipinski definition) is 2. The molecule has 2 atom stereocenters. The highest BCUT2D eigenvalue weighted by Gasteiger charge is 2.16. The Hall–Kier alpha value is -0.0800. The van der Waals surface area contributed by atoms with Crippen LogP contribution in [-0.2, 0) is 0 Å². The normalized spacial score (nSPS) is 16.5. The van der Waals surface area contributed by atoms with Crippen molar-refractivity contribution >= 4 is 0 Å². The minimum absolute atomic E-state index is 0.324. The van der Waals surface area contributed by atoms with Crippen molar-refractivity contribution < 1.29 is 5.11 Å². The third kappa shape index (κ3) is 4.73. The molecule has 0 aromatic carbocycles. The summed E-state index contributed by atoms with van der Waals surface area (Å²) in [5.41, 5.74) is 0. The van der Waals surface area contributed by atoms with Gasteiger partial charge < -0.3 is 5.11 Å². The zero-order chi connectivity index (χ0) is 9.56. The van der Waals surface area contributed by atoms with Gasteiger partial charge in [0, 0.05) is 6.04 Å². The van der Waals surface area contributed by atoms with Crippen molar-refractivity contribution in [3.05, 3.63) is 0 Å². The first kappa shape index (κ1) is 11.9. The summed E-state index contributed by atoms with van der Waals surface area (Å²) >= 11 is 0. The van der Waals surface area contributed by atoms with E-state index in [1.165, 1.54) is 0 Å². The van der Waals surface area contributed by atoms with Crippen LogP contribution in [0, 0.1) is 5.92 Å². The van der Waals surface area contributed by atoms with Gasteiger partial charge in [-0.25, -0.2) is 0 Å². The van der Waals surface area contributed by atoms with E-state index in [4.69, 9.17) is 0 Å². The molecule has 0 bridgehead atoms. The lowest BCUT2D eigenvalue weighted by molar-refractivity contribution is 0.0600. The number of rotatable bonds is 6. The van der Waals surface area contributed by atoms with E-state index in [9.17, 15) is 5.11 Å². The van der Waals surface area contributed by atoms with Crippen molar-refractivity contribution in [1.29, 1.82) is 0 Å². The lowest BCUT2D eigenvalue weighted by atomic mass is 9.98. The molecule has 2 nitrogen and oxygen atoms in total. The molecule has 0 radical (unpaired) electrons. The Balaban J connectivity index is 3.76. The monoisotopic (exact) mass is 173 g/mol. The van der Waals surface area contributed by atoms with Gasteiger partial charge in [0.25, 0.3) is 0 Å². The zero-order valence-electron chi connectivity index (χ0n) is 8.80. The summed E-state index contributed by atoms with van der Waals surface area (Å²) in [6.45, 7) is 8.40. The molecule has 0 aromatic heterocycles. The first-order valence-electron chi connectivity index (χ1n) is 5.05. The molecule has 0 saturated carbocycles. The first-order chi connectivity index (χ1) is 5.61. The SMILES string of the molecule is CCCC(CC)C(O)NC(C)C. The van der Waals surface area contributed by atoms with Crippen molar-refractivity contribution in [3.63, 3.8) is 0 Å². The summed E-state index contributed by atoms with van der Waals surface area (Å²) in [5.74, 6) is 0.414. The minimum Gasteiger partial charge on any atom is -0.378 e. The van der Waals surface area contributed by atoms with Crippen molar-refractivity contribution in [2.24, 2.45) is 5.92 Å². The van der Waals surface area contributed by atoms with E-state index in [0.717, 1.165) is 19.3 Å². The largest absolute Gasteiger partial charge is 0.378 e. The van der Waals surface area contributed by atoms with Crippen LogP contribution < -0.4 is 5.32 Å². The van der Waals surface area contributed by atoms with Crippen molar-refractivity contribution in [2.45, 2.75) is 59.2 Å². The van der Waals surface area contributed by atoms with Crippen LogP contribution in [-0.4, -0.2) is 17.4 Å². The van der Waals surface area contributed by atoms with Crippen molar-refractivity contribution in [3.8, 4) is 0 Å². The molecule has 0 fully saturated rings. The Morgan fingerprint density at radius 2 is 1.83 bits per heavy atom. The van der Waals surface area contributed by atoms with Gasteiger partial charge in [-0.2, -0.15) is 0 Å². The number of aliphatic hydroxyl groups is 1. The second kappa shape index (κ2) is 6.44. The highest BCUT2D eigenvalue weighted by atomic mass is 16.3. The lowest BCUT2D eigenvalue weighted by Crippen LogP contribution is -2.40. The highest BCUT2D eigenvalue weighted by molar-refractivity contribution is 4.67. The van der Waals surface area contributed by atoms with Crippen molar-refractivity contribution in [1.82, 2.24) is 5.32 Å². The van der Waals surface area contributed by atoms with Crippen LogP contribution in [0.2, 0.25) is 0 Å². The molecule has 2 heteroatoms. The van der Waals surface area contributed by atoms with E-state index in [0.29, 0.717) is 12.0 Å². The van der Waals surface area contributed by atoms with Crippen molar-refractivity contribution in [2.75, 3.05) is 0 Å². The summed E-state index contributed by atoms with van der Waals surface area (Å²) in [6.07, 6.45) is 2.98. The molecular formula is C10H23NO. The summed E-state index contributed by atoms with van der Waals surface area (Å²) in [6, 6.07) is 0.367.